The number of hydrogen-bond acceptors (Lipinski definition) is 8. The van der Waals surface area contributed by atoms with E-state index in [-0.39, 0.29) is 28.0 Å². The molecule has 0 heterocycles. The Morgan fingerprint density at radius 1 is 0.972 bits per heavy atom. The summed E-state index contributed by atoms with van der Waals surface area (Å²) < 4.78 is 46.8. The molecule has 190 valence electrons. The predicted molar refractivity (Wildman–Crippen MR) is 136 cm³/mol. The number of halogens is 1. The molecule has 0 aliphatic heterocycles. The van der Waals surface area contributed by atoms with E-state index in [1.165, 1.54) is 37.6 Å². The Kier molecular flexibility index (Phi) is 9.15. The second-order valence-corrected chi connectivity index (χ2v) is 9.06. The molecule has 36 heavy (non-hydrogen) atoms. The van der Waals surface area contributed by atoms with Gasteiger partial charge in [-0.3, -0.25) is 4.79 Å². The molecule has 0 fully saturated rings. The van der Waals surface area contributed by atoms with Crippen LogP contribution < -0.4 is 23.8 Å². The number of ether oxygens (including phenoxy) is 3. The number of carbonyl (C=O) groups is 1. The summed E-state index contributed by atoms with van der Waals surface area (Å²) in [5.74, 6) is 0.425. The number of hydrazone groups is 1. The summed E-state index contributed by atoms with van der Waals surface area (Å²) in [6, 6.07) is 15.4. The lowest BCUT2D eigenvalue weighted by molar-refractivity contribution is 0.0954. The van der Waals surface area contributed by atoms with E-state index in [4.69, 9.17) is 30.0 Å². The van der Waals surface area contributed by atoms with Crippen LogP contribution >= 0.6 is 11.6 Å². The lowest BCUT2D eigenvalue weighted by atomic mass is 10.2. The van der Waals surface area contributed by atoms with Crippen LogP contribution in [0.2, 0.25) is 5.02 Å². The molecular weight excluding hydrogens is 508 g/mol. The zero-order valence-electron chi connectivity index (χ0n) is 19.9. The van der Waals surface area contributed by atoms with Gasteiger partial charge >= 0.3 is 10.1 Å². The minimum atomic E-state index is -4.14. The Balaban J connectivity index is 1.79. The van der Waals surface area contributed by atoms with Crippen molar-refractivity contribution in [3.63, 3.8) is 0 Å². The molecule has 3 rings (SSSR count). The largest absolute Gasteiger partial charge is 0.493 e. The van der Waals surface area contributed by atoms with Crippen molar-refractivity contribution in [2.45, 2.75) is 18.7 Å². The van der Waals surface area contributed by atoms with Gasteiger partial charge in [-0.05, 0) is 61.9 Å². The van der Waals surface area contributed by atoms with Crippen LogP contribution in [0.1, 0.15) is 29.8 Å². The summed E-state index contributed by atoms with van der Waals surface area (Å²) in [6.45, 7) is 4.27. The summed E-state index contributed by atoms with van der Waals surface area (Å²) in [6.07, 6.45) is 1.34. The van der Waals surface area contributed by atoms with Gasteiger partial charge in [0, 0.05) is 5.56 Å². The molecule has 1 amide bonds. The number of amides is 1. The Hall–Kier alpha value is -3.76. The van der Waals surface area contributed by atoms with Crippen LogP contribution in [0.25, 0.3) is 0 Å². The van der Waals surface area contributed by atoms with Crippen LogP contribution in [-0.4, -0.2) is 40.9 Å². The summed E-state index contributed by atoms with van der Waals surface area (Å²) >= 11 is 6.33. The van der Waals surface area contributed by atoms with Crippen LogP contribution in [0.4, 0.5) is 0 Å². The fourth-order valence-electron chi connectivity index (χ4n) is 3.06. The maximum absolute atomic E-state index is 12.7. The van der Waals surface area contributed by atoms with E-state index in [0.29, 0.717) is 29.2 Å². The van der Waals surface area contributed by atoms with E-state index < -0.39 is 16.0 Å². The highest BCUT2D eigenvalue weighted by Gasteiger charge is 2.22. The molecule has 0 aliphatic carbocycles. The number of nitrogens with one attached hydrogen (secondary N) is 1. The van der Waals surface area contributed by atoms with Gasteiger partial charge in [0.1, 0.15) is 4.90 Å². The van der Waals surface area contributed by atoms with Gasteiger partial charge in [0.05, 0.1) is 31.6 Å². The van der Waals surface area contributed by atoms with Crippen LogP contribution in [-0.2, 0) is 10.1 Å². The van der Waals surface area contributed by atoms with Crippen molar-refractivity contribution in [1.29, 1.82) is 0 Å². The minimum Gasteiger partial charge on any atom is -0.493 e. The third kappa shape index (κ3) is 6.67. The van der Waals surface area contributed by atoms with Gasteiger partial charge in [-0.25, -0.2) is 5.43 Å². The lowest BCUT2D eigenvalue weighted by Gasteiger charge is -2.14. The lowest BCUT2D eigenvalue weighted by Crippen LogP contribution is -2.17. The quantitative estimate of drug-likeness (QED) is 0.217. The number of carbonyl (C=O) groups excluding carboxylic acids is 1. The molecule has 0 unspecified atom stereocenters. The number of methoxy groups -OCH3 is 1. The zero-order chi connectivity index (χ0) is 26.1. The molecular formula is C25H25ClN2O7S. The van der Waals surface area contributed by atoms with E-state index in [9.17, 15) is 13.2 Å². The maximum Gasteiger partial charge on any atom is 0.339 e. The SMILES string of the molecule is CCOc1ccc(C(=O)N/N=C/c2cc(Cl)c(OS(=O)(=O)c3ccccc3)c(OCC)c2)cc1OC. The summed E-state index contributed by atoms with van der Waals surface area (Å²) in [4.78, 5) is 12.5. The number of nitrogens with zero attached hydrogens (tertiary/aromatic N) is 1. The fraction of sp³-hybridized carbons (Fsp3) is 0.200. The average Bonchev–Trinajstić information content (AvgIpc) is 2.87. The van der Waals surface area contributed by atoms with Gasteiger partial charge in [0.25, 0.3) is 5.91 Å². The van der Waals surface area contributed by atoms with Crippen molar-refractivity contribution in [2.24, 2.45) is 5.10 Å². The van der Waals surface area contributed by atoms with Gasteiger partial charge in [0.15, 0.2) is 17.2 Å². The van der Waals surface area contributed by atoms with Gasteiger partial charge < -0.3 is 18.4 Å². The highest BCUT2D eigenvalue weighted by Crippen LogP contribution is 2.38. The van der Waals surface area contributed by atoms with Crippen molar-refractivity contribution in [3.05, 3.63) is 76.8 Å². The van der Waals surface area contributed by atoms with E-state index in [2.05, 4.69) is 10.5 Å². The monoisotopic (exact) mass is 532 g/mol. The summed E-state index contributed by atoms with van der Waals surface area (Å²) in [5, 5.41) is 3.95. The average molecular weight is 533 g/mol. The molecule has 0 saturated heterocycles. The molecule has 3 aromatic carbocycles. The van der Waals surface area contributed by atoms with Crippen molar-refractivity contribution >= 4 is 33.8 Å². The predicted octanol–water partition coefficient (Wildman–Crippen LogP) is 4.68. The standard InChI is InChI=1S/C25H25ClN2O7S/c1-4-33-21-12-11-18(15-22(21)32-3)25(29)28-27-16-17-13-20(26)24(23(14-17)34-5-2)35-36(30,31)19-9-7-6-8-10-19/h6-16H,4-5H2,1-3H3,(H,28,29)/b27-16+. The van der Waals surface area contributed by atoms with Crippen molar-refractivity contribution in [2.75, 3.05) is 20.3 Å². The third-order valence-electron chi connectivity index (χ3n) is 4.66. The minimum absolute atomic E-state index is 0.00974. The molecule has 1 N–H and O–H groups in total. The zero-order valence-corrected chi connectivity index (χ0v) is 21.4. The van der Waals surface area contributed by atoms with Gasteiger partial charge in [-0.1, -0.05) is 29.8 Å². The first kappa shape index (κ1) is 26.8. The summed E-state index contributed by atoms with van der Waals surface area (Å²) in [7, 11) is -2.65. The molecule has 0 atom stereocenters. The number of benzene rings is 3. The Morgan fingerprint density at radius 3 is 2.33 bits per heavy atom. The number of rotatable bonds is 11. The second kappa shape index (κ2) is 12.3. The normalized spacial score (nSPS) is 11.2. The molecule has 9 nitrogen and oxygen atoms in total. The molecule has 0 aromatic heterocycles. The van der Waals surface area contributed by atoms with Crippen LogP contribution in [0, 0.1) is 0 Å². The molecule has 0 radical (unpaired) electrons. The molecule has 0 bridgehead atoms. The van der Waals surface area contributed by atoms with Crippen molar-refractivity contribution in [1.82, 2.24) is 5.43 Å². The van der Waals surface area contributed by atoms with Gasteiger partial charge in [-0.15, -0.1) is 0 Å². The highest BCUT2D eigenvalue weighted by molar-refractivity contribution is 7.87. The first-order chi connectivity index (χ1) is 17.3. The van der Waals surface area contributed by atoms with Gasteiger partial charge in [0.2, 0.25) is 5.75 Å². The Labute approximate surface area is 214 Å². The first-order valence-corrected chi connectivity index (χ1v) is 12.7. The topological polar surface area (TPSA) is 113 Å². The second-order valence-electron chi connectivity index (χ2n) is 7.11. The van der Waals surface area contributed by atoms with Crippen molar-refractivity contribution in [3.8, 4) is 23.0 Å². The Morgan fingerprint density at radius 2 is 1.67 bits per heavy atom. The Bertz CT molecular complexity index is 1350. The highest BCUT2D eigenvalue weighted by atomic mass is 35.5. The fourth-order valence-corrected chi connectivity index (χ4v) is 4.35. The smallest absolute Gasteiger partial charge is 0.339 e. The number of hydrogen-bond donors (Lipinski definition) is 1. The van der Waals surface area contributed by atoms with Crippen molar-refractivity contribution < 1.29 is 31.6 Å². The van der Waals surface area contributed by atoms with E-state index in [1.54, 1.807) is 43.3 Å². The molecule has 3 aromatic rings. The molecule has 11 heteroatoms. The van der Waals surface area contributed by atoms with Crippen LogP contribution in [0.15, 0.2) is 70.7 Å². The molecule has 0 spiro atoms. The van der Waals surface area contributed by atoms with E-state index >= 15 is 0 Å². The first-order valence-electron chi connectivity index (χ1n) is 10.9. The van der Waals surface area contributed by atoms with Crippen LogP contribution in [0.3, 0.4) is 0 Å². The maximum atomic E-state index is 12.7. The molecule has 0 aliphatic rings. The third-order valence-corrected chi connectivity index (χ3v) is 6.18. The van der Waals surface area contributed by atoms with E-state index in [1.807, 2.05) is 6.92 Å². The van der Waals surface area contributed by atoms with E-state index in [0.717, 1.165) is 0 Å². The summed E-state index contributed by atoms with van der Waals surface area (Å²) in [5.41, 5.74) is 3.18. The molecule has 0 saturated carbocycles. The van der Waals surface area contributed by atoms with Gasteiger partial charge in [-0.2, -0.15) is 13.5 Å². The van der Waals surface area contributed by atoms with Crippen LogP contribution in [0.5, 0.6) is 23.0 Å².